The van der Waals surface area contributed by atoms with Crippen LogP contribution in [0.25, 0.3) is 0 Å². The van der Waals surface area contributed by atoms with Crippen molar-refractivity contribution in [2.24, 2.45) is 29.4 Å². The van der Waals surface area contributed by atoms with Crippen molar-refractivity contribution in [1.29, 1.82) is 0 Å². The number of carbonyl (C=O) groups is 12. The van der Waals surface area contributed by atoms with Crippen molar-refractivity contribution in [3.8, 4) is 5.75 Å². The predicted molar refractivity (Wildman–Crippen MR) is 504 cm³/mol. The summed E-state index contributed by atoms with van der Waals surface area (Å²) >= 11 is 0. The second kappa shape index (κ2) is 68.1. The molecule has 0 saturated carbocycles. The molecule has 5 rings (SSSR count). The zero-order chi connectivity index (χ0) is 103. The second-order valence-corrected chi connectivity index (χ2v) is 34.6. The Kier molecular flexibility index (Phi) is 59.0. The van der Waals surface area contributed by atoms with E-state index in [1.165, 1.54) is 44.4 Å². The van der Waals surface area contributed by atoms with Gasteiger partial charge in [-0.25, -0.2) is 9.59 Å². The first-order valence-corrected chi connectivity index (χ1v) is 48.0. The van der Waals surface area contributed by atoms with Crippen molar-refractivity contribution in [2.75, 3.05) is 219 Å². The standard InChI is InChI=1S/C95H155N11O34/c1-14-63(6)81(73(125-12)58-78(111)105-33-20-24-70(105)86(126-13)64(7)88(116)99-65(8)82(112)67-21-16-15-17-22-67)103(9)92(120)79(61(2)3)102-91(119)80(62(4)5)104(10)95(123)138-60-66-25-26-72(139-94-85(115)83(113)84(114)87(140-94)93(121)122)69(57-66)100-75(108)29-32-98-89(117)68(101-90(118)71(59-96)106-76(109)27-28-77(106)110)23-18-19-31-97-74(107)30-34-127-37-38-129-41-42-131-45-46-133-49-50-135-53-54-137-56-55-136-52-51-134-48-47-132-44-43-130-40-39-128-36-35-124-11/h15-17,21-22,25-28,57,61-65,68,70-71,73,79-87,94,112-115H,14,18-20,23-24,29-56,58-60,96H2,1-13H3,(H,97,107)(H,98,117)(H,99,116)(H,100,108)(H,101,118)(H,102,119)(H,121,122)/t63-,64+,65+,68-,70-,71?,73+,79-,80-,81-,82+,83-,84-,85+,86+,87-,94+/m0/s1. The maximum atomic E-state index is 15.0. The van der Waals surface area contributed by atoms with Gasteiger partial charge in [-0.05, 0) is 80.0 Å². The molecule has 3 aliphatic rings. The Labute approximate surface area is 820 Å². The number of aliphatic hydroxyl groups is 4. The summed E-state index contributed by atoms with van der Waals surface area (Å²) in [4.78, 5) is 169. The number of nitrogens with one attached hydrogen (secondary N) is 6. The number of aliphatic carboxylic acids is 1. The molecule has 0 spiro atoms. The van der Waals surface area contributed by atoms with Gasteiger partial charge in [0.05, 0.1) is 206 Å². The molecule has 2 fully saturated rings. The molecule has 0 aliphatic carbocycles. The van der Waals surface area contributed by atoms with Crippen molar-refractivity contribution >= 4 is 76.8 Å². The van der Waals surface area contributed by atoms with Crippen LogP contribution in [0.2, 0.25) is 0 Å². The van der Waals surface area contributed by atoms with Gasteiger partial charge >= 0.3 is 12.1 Å². The summed E-state index contributed by atoms with van der Waals surface area (Å²) in [6, 6.07) is 5.57. The highest BCUT2D eigenvalue weighted by Gasteiger charge is 2.50. The number of nitrogens with zero attached hydrogens (tertiary/aromatic N) is 4. The average Bonchev–Trinajstić information content (AvgIpc) is 1.05. The monoisotopic (exact) mass is 1990 g/mol. The fourth-order valence-electron chi connectivity index (χ4n) is 15.7. The third-order valence-electron chi connectivity index (χ3n) is 23.6. The van der Waals surface area contributed by atoms with E-state index < -0.39 is 189 Å². The number of benzene rings is 2. The van der Waals surface area contributed by atoms with Gasteiger partial charge in [0.2, 0.25) is 53.5 Å². The van der Waals surface area contributed by atoms with E-state index in [0.717, 1.165) is 17.1 Å². The van der Waals surface area contributed by atoms with Gasteiger partial charge in [0, 0.05) is 86.6 Å². The third kappa shape index (κ3) is 42.4. The summed E-state index contributed by atoms with van der Waals surface area (Å²) in [5, 5.41) is 69.3. The SMILES string of the molecule is CC[C@H](C)[C@@H]([C@@H](CC(=O)N1CCC[C@H]1[C@H](OC)[C@@H](C)C(=O)N[C@H](C)[C@@H](O)c1ccccc1)OC)N(C)C(=O)[C@@H](NC(=O)[C@H](C(C)C)N(C)C(=O)OCc1ccc(O[C@@H]2O[C@H](C(=O)O)[C@@H](O)[C@H](O)[C@H]2O)c(NC(=O)CCNC(=O)[C@H](CCCCNC(=O)CCOCCOCCOCCOCCOCCOCCOCCOCCOCCOCCOCCOC)NC(=O)C(CN)N2C(=O)C=CC2=O)c1)C(C)C. The number of nitrogens with two attached hydrogens (primary N) is 1. The molecular weight excluding hydrogens is 1840 g/mol. The molecule has 794 valence electrons. The van der Waals surface area contributed by atoms with Crippen molar-refractivity contribution in [2.45, 2.75) is 211 Å². The van der Waals surface area contributed by atoms with E-state index in [4.69, 9.17) is 86.3 Å². The Balaban J connectivity index is 1.10. The summed E-state index contributed by atoms with van der Waals surface area (Å²) in [5.74, 6) is -10.6. The number of unbranched alkanes of at least 4 members (excludes halogenated alkanes) is 1. The molecule has 2 aromatic rings. The van der Waals surface area contributed by atoms with E-state index in [0.29, 0.717) is 175 Å². The number of amides is 11. The van der Waals surface area contributed by atoms with E-state index in [1.807, 2.05) is 19.9 Å². The third-order valence-corrected chi connectivity index (χ3v) is 23.6. The van der Waals surface area contributed by atoms with Crippen LogP contribution in [0.1, 0.15) is 130 Å². The maximum absolute atomic E-state index is 15.0. The van der Waals surface area contributed by atoms with Crippen LogP contribution >= 0.6 is 0 Å². The van der Waals surface area contributed by atoms with Gasteiger partial charge in [-0.15, -0.1) is 0 Å². The smallest absolute Gasteiger partial charge is 0.410 e. The van der Waals surface area contributed by atoms with Crippen molar-refractivity contribution in [3.05, 3.63) is 71.8 Å². The lowest BCUT2D eigenvalue weighted by Gasteiger charge is -2.41. The minimum Gasteiger partial charge on any atom is -0.479 e. The average molecular weight is 2000 g/mol. The number of hydrogen-bond acceptors (Lipinski definition) is 34. The van der Waals surface area contributed by atoms with Crippen LogP contribution in [0.15, 0.2) is 60.7 Å². The van der Waals surface area contributed by atoms with Gasteiger partial charge in [0.15, 0.2) is 6.10 Å². The van der Waals surface area contributed by atoms with Gasteiger partial charge < -0.3 is 153 Å². The highest BCUT2D eigenvalue weighted by molar-refractivity contribution is 6.15. The number of ether oxygens (including phenoxy) is 17. The van der Waals surface area contributed by atoms with E-state index >= 15 is 4.79 Å². The number of rotatable bonds is 75. The molecule has 2 aromatic carbocycles. The number of aliphatic hydroxyl groups excluding tert-OH is 4. The van der Waals surface area contributed by atoms with Gasteiger partial charge in [-0.3, -0.25) is 57.7 Å². The number of carboxylic acid groups (broad SMARTS) is 1. The van der Waals surface area contributed by atoms with Crippen LogP contribution in [0.5, 0.6) is 5.75 Å². The van der Waals surface area contributed by atoms with Crippen LogP contribution in [0.4, 0.5) is 10.5 Å². The minimum absolute atomic E-state index is 0.0168. The van der Waals surface area contributed by atoms with E-state index in [9.17, 15) is 78.3 Å². The van der Waals surface area contributed by atoms with Crippen LogP contribution in [-0.4, -0.2) is 415 Å². The normalized spacial score (nSPS) is 18.9. The molecule has 17 atom stereocenters. The number of likely N-dealkylation sites (N-methyl/N-ethyl adjacent to an activating group) is 2. The molecular formula is C95H155N11O34. The molecule has 2 saturated heterocycles. The van der Waals surface area contributed by atoms with Crippen LogP contribution in [0.3, 0.4) is 0 Å². The molecule has 0 aromatic heterocycles. The lowest BCUT2D eigenvalue weighted by Crippen LogP contribution is -2.61. The molecule has 3 heterocycles. The minimum atomic E-state index is -2.11. The van der Waals surface area contributed by atoms with Gasteiger partial charge in [0.25, 0.3) is 11.8 Å². The Morgan fingerprint density at radius 3 is 1.61 bits per heavy atom. The zero-order valence-electron chi connectivity index (χ0n) is 83.3. The van der Waals surface area contributed by atoms with Crippen LogP contribution in [-0.2, 0) is 135 Å². The second-order valence-electron chi connectivity index (χ2n) is 34.6. The Bertz CT molecular complexity index is 4020. The summed E-state index contributed by atoms with van der Waals surface area (Å²) in [5.41, 5.74) is 6.46. The summed E-state index contributed by atoms with van der Waals surface area (Å²) in [6.45, 7) is 22.4. The van der Waals surface area contributed by atoms with Crippen LogP contribution < -0.4 is 42.4 Å². The zero-order valence-corrected chi connectivity index (χ0v) is 83.3. The number of likely N-dealkylation sites (tertiary alicyclic amines) is 1. The van der Waals surface area contributed by atoms with Gasteiger partial charge in [-0.1, -0.05) is 91.3 Å². The lowest BCUT2D eigenvalue weighted by molar-refractivity contribution is -0.271. The molecule has 140 heavy (non-hydrogen) atoms. The first-order chi connectivity index (χ1) is 67.2. The molecule has 1 unspecified atom stereocenters. The number of anilines is 1. The Hall–Kier alpha value is -9.18. The molecule has 0 bridgehead atoms. The quantitative estimate of drug-likeness (QED) is 0.0318. The van der Waals surface area contributed by atoms with Crippen molar-refractivity contribution in [3.63, 3.8) is 0 Å². The molecule has 13 N–H and O–H groups in total. The molecule has 0 radical (unpaired) electrons. The van der Waals surface area contributed by atoms with Gasteiger partial charge in [-0.2, -0.15) is 0 Å². The summed E-state index contributed by atoms with van der Waals surface area (Å²) in [7, 11) is 7.46. The Morgan fingerprint density at radius 2 is 1.11 bits per heavy atom. The fraction of sp³-hybridized carbons (Fsp3) is 0.726. The topological polar surface area (TPSA) is 574 Å². The lowest BCUT2D eigenvalue weighted by atomic mass is 9.89. The molecule has 3 aliphatic heterocycles. The van der Waals surface area contributed by atoms with Crippen molar-refractivity contribution < 1.29 is 164 Å². The molecule has 11 amide bonds. The first-order valence-electron chi connectivity index (χ1n) is 48.0. The number of methoxy groups -OCH3 is 3. The highest BCUT2D eigenvalue weighted by Crippen LogP contribution is 2.34. The fourth-order valence-corrected chi connectivity index (χ4v) is 15.7. The van der Waals surface area contributed by atoms with Crippen LogP contribution in [0, 0.1) is 23.7 Å². The first kappa shape index (κ1) is 121. The Morgan fingerprint density at radius 1 is 0.579 bits per heavy atom. The highest BCUT2D eigenvalue weighted by atomic mass is 16.7. The van der Waals surface area contributed by atoms with E-state index in [1.54, 1.807) is 84.9 Å². The number of imide groups is 1. The predicted octanol–water partition coefficient (Wildman–Crippen LogP) is 0.537. The number of hydrogen-bond donors (Lipinski definition) is 12. The van der Waals surface area contributed by atoms with Gasteiger partial charge in [0.1, 0.15) is 54.8 Å². The molecule has 45 nitrogen and oxygen atoms in total. The van der Waals surface area contributed by atoms with E-state index in [2.05, 4.69) is 31.9 Å². The summed E-state index contributed by atoms with van der Waals surface area (Å²) < 4.78 is 94.5. The maximum Gasteiger partial charge on any atom is 0.410 e. The summed E-state index contributed by atoms with van der Waals surface area (Å²) in [6.07, 6.45) is -10.5. The number of carbonyl (C=O) groups excluding carboxylic acids is 11. The van der Waals surface area contributed by atoms with Crippen molar-refractivity contribution in [1.82, 2.24) is 46.2 Å². The largest absolute Gasteiger partial charge is 0.479 e. The number of carboxylic acids is 1. The van der Waals surface area contributed by atoms with E-state index in [-0.39, 0.29) is 92.7 Å². The molecule has 45 heteroatoms.